The summed E-state index contributed by atoms with van der Waals surface area (Å²) in [5.74, 6) is -2.48. The Bertz CT molecular complexity index is 1100. The number of likely N-dealkylation sites (tertiary alicyclic amines) is 1. The van der Waals surface area contributed by atoms with Crippen molar-refractivity contribution < 1.29 is 23.5 Å². The van der Waals surface area contributed by atoms with Gasteiger partial charge in [0.2, 0.25) is 11.8 Å². The number of nitrogens with two attached hydrogens (primary N) is 1. The van der Waals surface area contributed by atoms with E-state index in [1.165, 1.54) is 24.1 Å². The highest BCUT2D eigenvalue weighted by Gasteiger charge is 2.42. The Hall–Kier alpha value is -3.31. The van der Waals surface area contributed by atoms with Gasteiger partial charge < -0.3 is 26.0 Å². The quantitative estimate of drug-likeness (QED) is 0.395. The molecule has 5 N–H and O–H groups in total. The van der Waals surface area contributed by atoms with Crippen molar-refractivity contribution in [3.8, 4) is 0 Å². The zero-order chi connectivity index (χ0) is 24.1. The van der Waals surface area contributed by atoms with Crippen molar-refractivity contribution >= 4 is 50.7 Å². The number of primary amides is 1. The lowest BCUT2D eigenvalue weighted by Crippen LogP contribution is -2.49. The van der Waals surface area contributed by atoms with Crippen LogP contribution in [0.3, 0.4) is 0 Å². The molecule has 3 amide bonds. The molecule has 33 heavy (non-hydrogen) atoms. The number of nitrogens with zero attached hydrogens (tertiary/aromatic N) is 1. The average Bonchev–Trinajstić information content (AvgIpc) is 3.24. The first-order valence-electron chi connectivity index (χ1n) is 10.0. The molecule has 9 nitrogen and oxygen atoms in total. The van der Waals surface area contributed by atoms with Crippen LogP contribution in [-0.4, -0.2) is 60.7 Å². The molecule has 0 unspecified atom stereocenters. The van der Waals surface area contributed by atoms with Crippen molar-refractivity contribution in [3.63, 3.8) is 0 Å². The third kappa shape index (κ3) is 5.37. The SMILES string of the molecule is CO[C@@H]1CCN(C(=O)CNc2ccccc2C(=N)C(N)=O)[C@@H]1C(=O)Nc1cccc(Br)c1F. The van der Waals surface area contributed by atoms with Gasteiger partial charge in [0.1, 0.15) is 11.8 Å². The van der Waals surface area contributed by atoms with Crippen LogP contribution >= 0.6 is 15.9 Å². The number of ether oxygens (including phenoxy) is 1. The number of halogens is 2. The van der Waals surface area contributed by atoms with Crippen LogP contribution in [0.4, 0.5) is 15.8 Å². The summed E-state index contributed by atoms with van der Waals surface area (Å²) in [6.07, 6.45) is -0.121. The first-order chi connectivity index (χ1) is 15.7. The summed E-state index contributed by atoms with van der Waals surface area (Å²) < 4.78 is 19.9. The Kier molecular flexibility index (Phi) is 7.77. The third-order valence-electron chi connectivity index (χ3n) is 5.32. The highest BCUT2D eigenvalue weighted by molar-refractivity contribution is 9.10. The molecule has 0 saturated carbocycles. The van der Waals surface area contributed by atoms with E-state index in [9.17, 15) is 18.8 Å². The predicted molar refractivity (Wildman–Crippen MR) is 125 cm³/mol. The van der Waals surface area contributed by atoms with Crippen molar-refractivity contribution in [2.24, 2.45) is 5.73 Å². The molecule has 2 atom stereocenters. The molecule has 1 fully saturated rings. The molecule has 1 saturated heterocycles. The summed E-state index contributed by atoms with van der Waals surface area (Å²) in [6, 6.07) is 10.0. The smallest absolute Gasteiger partial charge is 0.267 e. The van der Waals surface area contributed by atoms with Gasteiger partial charge in [0, 0.05) is 24.9 Å². The van der Waals surface area contributed by atoms with E-state index in [1.54, 1.807) is 30.3 Å². The lowest BCUT2D eigenvalue weighted by atomic mass is 10.1. The highest BCUT2D eigenvalue weighted by Crippen LogP contribution is 2.26. The van der Waals surface area contributed by atoms with Gasteiger partial charge in [-0.25, -0.2) is 4.39 Å². The maximum absolute atomic E-state index is 14.3. The maximum atomic E-state index is 14.3. The second-order valence-corrected chi connectivity index (χ2v) is 8.18. The van der Waals surface area contributed by atoms with Crippen LogP contribution in [0, 0.1) is 11.2 Å². The number of anilines is 2. The zero-order valence-electron chi connectivity index (χ0n) is 17.7. The van der Waals surface area contributed by atoms with Crippen LogP contribution in [0.1, 0.15) is 12.0 Å². The van der Waals surface area contributed by atoms with Gasteiger partial charge in [0.05, 0.1) is 22.8 Å². The van der Waals surface area contributed by atoms with Crippen molar-refractivity contribution in [1.82, 2.24) is 4.90 Å². The van der Waals surface area contributed by atoms with Crippen molar-refractivity contribution in [3.05, 3.63) is 58.3 Å². The Morgan fingerprint density at radius 1 is 1.21 bits per heavy atom. The molecule has 0 radical (unpaired) electrons. The van der Waals surface area contributed by atoms with Crippen LogP contribution in [0.25, 0.3) is 0 Å². The fourth-order valence-corrected chi connectivity index (χ4v) is 4.03. The van der Waals surface area contributed by atoms with E-state index in [4.69, 9.17) is 15.9 Å². The van der Waals surface area contributed by atoms with Crippen LogP contribution in [0.5, 0.6) is 0 Å². The number of carbonyl (C=O) groups is 3. The van der Waals surface area contributed by atoms with Crippen molar-refractivity contribution in [1.29, 1.82) is 5.41 Å². The molecule has 1 aliphatic rings. The Morgan fingerprint density at radius 3 is 2.61 bits per heavy atom. The number of hydrogen-bond donors (Lipinski definition) is 4. The zero-order valence-corrected chi connectivity index (χ0v) is 19.3. The highest BCUT2D eigenvalue weighted by atomic mass is 79.9. The Morgan fingerprint density at radius 2 is 1.91 bits per heavy atom. The molecule has 174 valence electrons. The van der Waals surface area contributed by atoms with Gasteiger partial charge in [-0.1, -0.05) is 24.3 Å². The number of rotatable bonds is 8. The fraction of sp³-hybridized carbons (Fsp3) is 0.273. The van der Waals surface area contributed by atoms with Gasteiger partial charge >= 0.3 is 0 Å². The van der Waals surface area contributed by atoms with E-state index in [-0.39, 0.29) is 34.5 Å². The molecule has 3 rings (SSSR count). The topological polar surface area (TPSA) is 138 Å². The summed E-state index contributed by atoms with van der Waals surface area (Å²) in [5, 5.41) is 13.3. The molecule has 0 aromatic heterocycles. The number of hydrogen-bond acceptors (Lipinski definition) is 6. The number of para-hydroxylation sites is 1. The molecule has 0 bridgehead atoms. The minimum absolute atomic E-state index is 0.0134. The van der Waals surface area contributed by atoms with Gasteiger partial charge in [-0.3, -0.25) is 19.8 Å². The van der Waals surface area contributed by atoms with Crippen molar-refractivity contribution in [2.45, 2.75) is 18.6 Å². The number of benzene rings is 2. The first kappa shape index (κ1) is 24.3. The second-order valence-electron chi connectivity index (χ2n) is 7.32. The molecular weight excluding hydrogens is 497 g/mol. The molecule has 1 heterocycles. The second kappa shape index (κ2) is 10.5. The predicted octanol–water partition coefficient (Wildman–Crippen LogP) is 2.11. The van der Waals surface area contributed by atoms with Crippen molar-refractivity contribution in [2.75, 3.05) is 30.8 Å². The molecule has 2 aromatic carbocycles. The standard InChI is InChI=1S/C22H23BrFN5O4/c1-33-16-9-10-29(20(16)22(32)28-15-8-4-6-13(23)18(15)24)17(30)11-27-14-7-3-2-5-12(14)19(25)21(26)31/h2-8,16,20,25,27H,9-11H2,1H3,(H2,26,31)(H,28,32)/t16-,20+/m1/s1. The molecular formula is C22H23BrFN5O4. The third-order valence-corrected chi connectivity index (χ3v) is 5.93. The number of nitrogens with one attached hydrogen (secondary N) is 3. The number of methoxy groups -OCH3 is 1. The van der Waals surface area contributed by atoms with Gasteiger partial charge in [0.15, 0.2) is 5.82 Å². The van der Waals surface area contributed by atoms with Crippen LogP contribution < -0.4 is 16.4 Å². The summed E-state index contributed by atoms with van der Waals surface area (Å²) in [5.41, 5.74) is 5.44. The van der Waals surface area contributed by atoms with Gasteiger partial charge in [-0.2, -0.15) is 0 Å². The molecule has 1 aliphatic heterocycles. The van der Waals surface area contributed by atoms with E-state index in [1.807, 2.05) is 0 Å². The summed E-state index contributed by atoms with van der Waals surface area (Å²) in [4.78, 5) is 38.7. The molecule has 0 spiro atoms. The first-order valence-corrected chi connectivity index (χ1v) is 10.8. The maximum Gasteiger partial charge on any atom is 0.267 e. The molecule has 2 aromatic rings. The summed E-state index contributed by atoms with van der Waals surface area (Å²) in [6.45, 7) is 0.0747. The van der Waals surface area contributed by atoms with Gasteiger partial charge in [-0.05, 0) is 40.5 Å². The van der Waals surface area contributed by atoms with Gasteiger partial charge in [0.25, 0.3) is 5.91 Å². The van der Waals surface area contributed by atoms with E-state index < -0.39 is 35.7 Å². The number of carbonyl (C=O) groups excluding carboxylic acids is 3. The van der Waals surface area contributed by atoms with E-state index in [0.717, 1.165) is 0 Å². The Balaban J connectivity index is 1.74. The Labute approximate surface area is 198 Å². The summed E-state index contributed by atoms with van der Waals surface area (Å²) >= 11 is 3.08. The van der Waals surface area contributed by atoms with E-state index >= 15 is 0 Å². The summed E-state index contributed by atoms with van der Waals surface area (Å²) in [7, 11) is 1.45. The normalized spacial score (nSPS) is 17.5. The molecule has 0 aliphatic carbocycles. The van der Waals surface area contributed by atoms with Crippen LogP contribution in [-0.2, 0) is 19.1 Å². The number of amides is 3. The van der Waals surface area contributed by atoms with E-state index in [0.29, 0.717) is 12.1 Å². The van der Waals surface area contributed by atoms with Gasteiger partial charge in [-0.15, -0.1) is 0 Å². The lowest BCUT2D eigenvalue weighted by Gasteiger charge is -2.27. The molecule has 11 heteroatoms. The van der Waals surface area contributed by atoms with Crippen LogP contribution in [0.15, 0.2) is 46.9 Å². The average molecular weight is 520 g/mol. The lowest BCUT2D eigenvalue weighted by molar-refractivity contribution is -0.137. The van der Waals surface area contributed by atoms with Crippen LogP contribution in [0.2, 0.25) is 0 Å². The monoisotopic (exact) mass is 519 g/mol. The fourth-order valence-electron chi connectivity index (χ4n) is 3.67. The minimum atomic E-state index is -0.957. The largest absolute Gasteiger partial charge is 0.379 e. The van der Waals surface area contributed by atoms with E-state index in [2.05, 4.69) is 26.6 Å². The minimum Gasteiger partial charge on any atom is -0.379 e.